The molecular weight excluding hydrogens is 330 g/mol. The van der Waals surface area contributed by atoms with E-state index in [1.54, 1.807) is 12.1 Å². The van der Waals surface area contributed by atoms with Gasteiger partial charge in [0.15, 0.2) is 11.6 Å². The second-order valence-electron chi connectivity index (χ2n) is 5.77. The van der Waals surface area contributed by atoms with Crippen molar-refractivity contribution in [3.63, 3.8) is 0 Å². The Labute approximate surface area is 140 Å². The van der Waals surface area contributed by atoms with Gasteiger partial charge < -0.3 is 9.42 Å². The summed E-state index contributed by atoms with van der Waals surface area (Å²) in [5.41, 5.74) is 0.396. The lowest BCUT2D eigenvalue weighted by Gasteiger charge is -2.33. The average Bonchev–Trinajstić information content (AvgIpc) is 3.01. The molecule has 24 heavy (non-hydrogen) atoms. The maximum Gasteiger partial charge on any atom is 0.243 e. The van der Waals surface area contributed by atoms with Gasteiger partial charge in [0.25, 0.3) is 0 Å². The Kier molecular flexibility index (Phi) is 4.42. The van der Waals surface area contributed by atoms with Crippen LogP contribution in [0.25, 0.3) is 0 Å². The predicted molar refractivity (Wildman–Crippen MR) is 88.7 cm³/mol. The quantitative estimate of drug-likeness (QED) is 0.781. The van der Waals surface area contributed by atoms with Crippen molar-refractivity contribution in [3.8, 4) is 0 Å². The molecule has 2 heterocycles. The number of carbonyl (C=O) groups is 1. The second-order valence-corrected chi connectivity index (χ2v) is 7.71. The highest BCUT2D eigenvalue weighted by molar-refractivity contribution is 7.89. The molecule has 0 radical (unpaired) electrons. The molecule has 0 saturated carbocycles. The zero-order valence-corrected chi connectivity index (χ0v) is 14.4. The van der Waals surface area contributed by atoms with Gasteiger partial charge in [-0.25, -0.2) is 8.42 Å². The molecule has 0 aliphatic carbocycles. The van der Waals surface area contributed by atoms with Gasteiger partial charge in [0.2, 0.25) is 10.0 Å². The SMILES string of the molecule is CC(=O)c1cccc(S(=O)(=O)N2CCN(c3cc(C)on3)CC2)c1. The van der Waals surface area contributed by atoms with Gasteiger partial charge in [-0.15, -0.1) is 0 Å². The molecule has 0 amide bonds. The molecule has 0 N–H and O–H groups in total. The Balaban J connectivity index is 1.75. The lowest BCUT2D eigenvalue weighted by molar-refractivity contribution is 0.101. The van der Waals surface area contributed by atoms with Crippen LogP contribution >= 0.6 is 0 Å². The molecule has 0 unspecified atom stereocenters. The van der Waals surface area contributed by atoms with E-state index in [9.17, 15) is 13.2 Å². The molecule has 1 aliphatic rings. The molecule has 1 fully saturated rings. The van der Waals surface area contributed by atoms with Crippen molar-refractivity contribution in [3.05, 3.63) is 41.7 Å². The fourth-order valence-corrected chi connectivity index (χ4v) is 4.15. The predicted octanol–water partition coefficient (Wildman–Crippen LogP) is 1.70. The summed E-state index contributed by atoms with van der Waals surface area (Å²) >= 11 is 0. The number of Topliss-reactive ketones (excluding diaryl/α,β-unsaturated/α-hetero) is 1. The van der Waals surface area contributed by atoms with Gasteiger partial charge in [-0.1, -0.05) is 17.3 Å². The number of nitrogens with zero attached hydrogens (tertiary/aromatic N) is 3. The van der Waals surface area contributed by atoms with Gasteiger partial charge in [0.1, 0.15) is 5.76 Å². The molecule has 2 aromatic rings. The van der Waals surface area contributed by atoms with Gasteiger partial charge in [-0.2, -0.15) is 4.31 Å². The Bertz CT molecular complexity index is 852. The Morgan fingerprint density at radius 2 is 1.88 bits per heavy atom. The minimum absolute atomic E-state index is 0.154. The number of rotatable bonds is 4. The third-order valence-electron chi connectivity index (χ3n) is 4.06. The molecule has 1 aromatic heterocycles. The summed E-state index contributed by atoms with van der Waals surface area (Å²) in [5, 5.41) is 3.96. The number of benzene rings is 1. The fraction of sp³-hybridized carbons (Fsp3) is 0.375. The molecule has 3 rings (SSSR count). The molecule has 1 saturated heterocycles. The van der Waals surface area contributed by atoms with Gasteiger partial charge in [-0.3, -0.25) is 4.79 Å². The molecule has 0 atom stereocenters. The summed E-state index contributed by atoms with van der Waals surface area (Å²) in [5.74, 6) is 1.29. The lowest BCUT2D eigenvalue weighted by atomic mass is 10.2. The first-order valence-corrected chi connectivity index (χ1v) is 9.11. The Morgan fingerprint density at radius 1 is 1.17 bits per heavy atom. The Morgan fingerprint density at radius 3 is 2.46 bits per heavy atom. The van der Waals surface area contributed by atoms with E-state index < -0.39 is 10.0 Å². The molecule has 128 valence electrons. The standard InChI is InChI=1S/C16H19N3O4S/c1-12-10-16(17-23-12)18-6-8-19(9-7-18)24(21,22)15-5-3-4-14(11-15)13(2)20/h3-5,10-11H,6-9H2,1-2H3. The summed E-state index contributed by atoms with van der Waals surface area (Å²) in [6, 6.07) is 8.00. The number of aryl methyl sites for hydroxylation is 1. The molecular formula is C16H19N3O4S. The van der Waals surface area contributed by atoms with Crippen LogP contribution in [0.3, 0.4) is 0 Å². The fourth-order valence-electron chi connectivity index (χ4n) is 2.68. The van der Waals surface area contributed by atoms with E-state index in [2.05, 4.69) is 5.16 Å². The minimum Gasteiger partial charge on any atom is -0.360 e. The van der Waals surface area contributed by atoms with Crippen molar-refractivity contribution in [2.24, 2.45) is 0 Å². The van der Waals surface area contributed by atoms with Crippen LogP contribution in [0.15, 0.2) is 39.8 Å². The van der Waals surface area contributed by atoms with E-state index >= 15 is 0 Å². The molecule has 1 aliphatic heterocycles. The van der Waals surface area contributed by atoms with E-state index in [1.165, 1.54) is 23.4 Å². The summed E-state index contributed by atoms with van der Waals surface area (Å²) < 4.78 is 32.0. The van der Waals surface area contributed by atoms with Crippen molar-refractivity contribution >= 4 is 21.6 Å². The second kappa shape index (κ2) is 6.37. The zero-order valence-electron chi connectivity index (χ0n) is 13.6. The number of anilines is 1. The summed E-state index contributed by atoms with van der Waals surface area (Å²) in [6.07, 6.45) is 0. The maximum atomic E-state index is 12.8. The normalized spacial score (nSPS) is 16.3. The summed E-state index contributed by atoms with van der Waals surface area (Å²) in [4.78, 5) is 13.6. The van der Waals surface area contributed by atoms with Crippen molar-refractivity contribution in [2.45, 2.75) is 18.7 Å². The van der Waals surface area contributed by atoms with Crippen molar-refractivity contribution < 1.29 is 17.7 Å². The van der Waals surface area contributed by atoms with Crippen LogP contribution in [0.4, 0.5) is 5.82 Å². The number of hydrogen-bond acceptors (Lipinski definition) is 6. The Hall–Kier alpha value is -2.19. The molecule has 0 bridgehead atoms. The average molecular weight is 349 g/mol. The van der Waals surface area contributed by atoms with Crippen LogP contribution in [-0.4, -0.2) is 49.8 Å². The number of ketones is 1. The minimum atomic E-state index is -3.61. The van der Waals surface area contributed by atoms with E-state index in [1.807, 2.05) is 17.9 Å². The van der Waals surface area contributed by atoms with E-state index in [4.69, 9.17) is 4.52 Å². The number of sulfonamides is 1. The van der Waals surface area contributed by atoms with E-state index in [0.29, 0.717) is 31.7 Å². The number of hydrogen-bond donors (Lipinski definition) is 0. The smallest absolute Gasteiger partial charge is 0.243 e. The van der Waals surface area contributed by atoms with Crippen molar-refractivity contribution in [1.82, 2.24) is 9.46 Å². The summed E-state index contributed by atoms with van der Waals surface area (Å²) in [6.45, 7) is 5.04. The van der Waals surface area contributed by atoms with Crippen LogP contribution in [-0.2, 0) is 10.0 Å². The first-order chi connectivity index (χ1) is 11.4. The highest BCUT2D eigenvalue weighted by atomic mass is 32.2. The number of carbonyl (C=O) groups excluding carboxylic acids is 1. The van der Waals surface area contributed by atoms with Crippen LogP contribution in [0.5, 0.6) is 0 Å². The van der Waals surface area contributed by atoms with Gasteiger partial charge >= 0.3 is 0 Å². The zero-order chi connectivity index (χ0) is 17.3. The molecule has 7 nitrogen and oxygen atoms in total. The van der Waals surface area contributed by atoms with Crippen molar-refractivity contribution in [2.75, 3.05) is 31.1 Å². The first kappa shape index (κ1) is 16.7. The highest BCUT2D eigenvalue weighted by Crippen LogP contribution is 2.21. The third kappa shape index (κ3) is 3.20. The highest BCUT2D eigenvalue weighted by Gasteiger charge is 2.29. The van der Waals surface area contributed by atoms with E-state index in [-0.39, 0.29) is 10.7 Å². The largest absolute Gasteiger partial charge is 0.360 e. The summed E-state index contributed by atoms with van der Waals surface area (Å²) in [7, 11) is -3.61. The van der Waals surface area contributed by atoms with Crippen LogP contribution in [0.2, 0.25) is 0 Å². The first-order valence-electron chi connectivity index (χ1n) is 7.67. The number of piperazine rings is 1. The van der Waals surface area contributed by atoms with E-state index in [0.717, 1.165) is 11.6 Å². The topological polar surface area (TPSA) is 83.7 Å². The van der Waals surface area contributed by atoms with Gasteiger partial charge in [0.05, 0.1) is 4.90 Å². The van der Waals surface area contributed by atoms with Crippen LogP contribution in [0, 0.1) is 6.92 Å². The van der Waals surface area contributed by atoms with Gasteiger partial charge in [0, 0.05) is 37.8 Å². The monoisotopic (exact) mass is 349 g/mol. The molecule has 1 aromatic carbocycles. The van der Waals surface area contributed by atoms with Crippen molar-refractivity contribution in [1.29, 1.82) is 0 Å². The van der Waals surface area contributed by atoms with Crippen LogP contribution in [0.1, 0.15) is 23.0 Å². The van der Waals surface area contributed by atoms with Crippen LogP contribution < -0.4 is 4.90 Å². The maximum absolute atomic E-state index is 12.8. The molecule has 8 heteroatoms. The van der Waals surface area contributed by atoms with Gasteiger partial charge in [-0.05, 0) is 26.0 Å². The molecule has 0 spiro atoms. The third-order valence-corrected chi connectivity index (χ3v) is 5.95. The lowest BCUT2D eigenvalue weighted by Crippen LogP contribution is -2.48. The number of aromatic nitrogens is 1.